The van der Waals surface area contributed by atoms with Crippen LogP contribution in [0.3, 0.4) is 0 Å². The third-order valence-electron chi connectivity index (χ3n) is 2.45. The van der Waals surface area contributed by atoms with Gasteiger partial charge in [0.1, 0.15) is 0 Å². The minimum Gasteiger partial charge on any atom is -0.385 e. The van der Waals surface area contributed by atoms with Crippen LogP contribution < -0.4 is 5.32 Å². The standard InChI is InChI=1S/C10H21NO2.ClH/c1-12-7-2-8-13-9-10-3-5-11-6-4-10;/h10-11H,2-9H2,1H3;1H. The van der Waals surface area contributed by atoms with Gasteiger partial charge in [0.15, 0.2) is 0 Å². The first-order valence-electron chi connectivity index (χ1n) is 5.21. The summed E-state index contributed by atoms with van der Waals surface area (Å²) in [4.78, 5) is 0. The fraction of sp³-hybridized carbons (Fsp3) is 1.00. The molecule has 1 fully saturated rings. The first-order chi connectivity index (χ1) is 6.43. The normalized spacial score (nSPS) is 17.8. The molecule has 0 atom stereocenters. The van der Waals surface area contributed by atoms with E-state index in [1.54, 1.807) is 7.11 Å². The number of nitrogens with one attached hydrogen (secondary N) is 1. The van der Waals surface area contributed by atoms with Gasteiger partial charge in [-0.2, -0.15) is 0 Å². The van der Waals surface area contributed by atoms with Gasteiger partial charge in [0.05, 0.1) is 0 Å². The van der Waals surface area contributed by atoms with Crippen LogP contribution in [0.5, 0.6) is 0 Å². The molecule has 1 N–H and O–H groups in total. The number of ether oxygens (including phenoxy) is 2. The number of piperidine rings is 1. The van der Waals surface area contributed by atoms with E-state index in [0.29, 0.717) is 0 Å². The highest BCUT2D eigenvalue weighted by Crippen LogP contribution is 2.11. The molecule has 86 valence electrons. The Kier molecular flexibility index (Phi) is 9.83. The van der Waals surface area contributed by atoms with Crippen LogP contribution in [0.2, 0.25) is 0 Å². The Labute approximate surface area is 92.9 Å². The predicted octanol–water partition coefficient (Wildman–Crippen LogP) is 1.46. The van der Waals surface area contributed by atoms with Crippen molar-refractivity contribution in [1.29, 1.82) is 0 Å². The third kappa shape index (κ3) is 6.60. The average molecular weight is 224 g/mol. The second-order valence-electron chi connectivity index (χ2n) is 3.61. The first-order valence-corrected chi connectivity index (χ1v) is 5.21. The number of hydrogen-bond acceptors (Lipinski definition) is 3. The molecule has 4 heteroatoms. The van der Waals surface area contributed by atoms with E-state index in [9.17, 15) is 0 Å². The Morgan fingerprint density at radius 3 is 2.57 bits per heavy atom. The summed E-state index contributed by atoms with van der Waals surface area (Å²) in [5.74, 6) is 0.781. The molecule has 1 aliphatic heterocycles. The van der Waals surface area contributed by atoms with Crippen molar-refractivity contribution in [3.63, 3.8) is 0 Å². The minimum absolute atomic E-state index is 0. The van der Waals surface area contributed by atoms with Gasteiger partial charge in [0, 0.05) is 26.9 Å². The molecule has 0 aliphatic carbocycles. The summed E-state index contributed by atoms with van der Waals surface area (Å²) in [5.41, 5.74) is 0. The second kappa shape index (κ2) is 9.71. The van der Waals surface area contributed by atoms with Crippen LogP contribution in [0.25, 0.3) is 0 Å². The highest BCUT2D eigenvalue weighted by Gasteiger charge is 2.12. The Morgan fingerprint density at radius 1 is 1.21 bits per heavy atom. The highest BCUT2D eigenvalue weighted by atomic mass is 35.5. The molecule has 0 spiro atoms. The molecule has 1 saturated heterocycles. The maximum Gasteiger partial charge on any atom is 0.0495 e. The lowest BCUT2D eigenvalue weighted by molar-refractivity contribution is 0.0703. The molecule has 0 unspecified atom stereocenters. The van der Waals surface area contributed by atoms with E-state index in [4.69, 9.17) is 9.47 Å². The maximum absolute atomic E-state index is 5.57. The first kappa shape index (κ1) is 14.2. The molecule has 1 heterocycles. The summed E-state index contributed by atoms with van der Waals surface area (Å²) in [6, 6.07) is 0. The molecular weight excluding hydrogens is 202 g/mol. The van der Waals surface area contributed by atoms with Crippen molar-refractivity contribution in [3.05, 3.63) is 0 Å². The molecular formula is C10H22ClNO2. The van der Waals surface area contributed by atoms with Crippen LogP contribution in [-0.4, -0.2) is 40.0 Å². The number of methoxy groups -OCH3 is 1. The van der Waals surface area contributed by atoms with E-state index in [0.717, 1.165) is 45.2 Å². The van der Waals surface area contributed by atoms with Crippen molar-refractivity contribution in [2.45, 2.75) is 19.3 Å². The van der Waals surface area contributed by atoms with Crippen molar-refractivity contribution in [3.8, 4) is 0 Å². The van der Waals surface area contributed by atoms with E-state index < -0.39 is 0 Å². The summed E-state index contributed by atoms with van der Waals surface area (Å²) in [6.45, 7) is 4.91. The maximum atomic E-state index is 5.57. The van der Waals surface area contributed by atoms with Crippen LogP contribution >= 0.6 is 12.4 Å². The highest BCUT2D eigenvalue weighted by molar-refractivity contribution is 5.85. The lowest BCUT2D eigenvalue weighted by Gasteiger charge is -2.22. The molecule has 0 bridgehead atoms. The Bertz CT molecular complexity index is 119. The smallest absolute Gasteiger partial charge is 0.0495 e. The van der Waals surface area contributed by atoms with Crippen LogP contribution in [0.4, 0.5) is 0 Å². The minimum atomic E-state index is 0. The zero-order valence-corrected chi connectivity index (χ0v) is 9.78. The van der Waals surface area contributed by atoms with E-state index in [-0.39, 0.29) is 12.4 Å². The molecule has 0 saturated carbocycles. The number of halogens is 1. The van der Waals surface area contributed by atoms with Gasteiger partial charge in [0.2, 0.25) is 0 Å². The van der Waals surface area contributed by atoms with Gasteiger partial charge in [-0.15, -0.1) is 12.4 Å². The molecule has 0 aromatic heterocycles. The Hall–Kier alpha value is 0.170. The number of hydrogen-bond donors (Lipinski definition) is 1. The topological polar surface area (TPSA) is 30.5 Å². The molecule has 14 heavy (non-hydrogen) atoms. The summed E-state index contributed by atoms with van der Waals surface area (Å²) in [5, 5.41) is 3.35. The fourth-order valence-electron chi connectivity index (χ4n) is 1.60. The molecule has 1 rings (SSSR count). The lowest BCUT2D eigenvalue weighted by atomic mass is 9.99. The molecule has 0 radical (unpaired) electrons. The molecule has 1 aliphatic rings. The van der Waals surface area contributed by atoms with Gasteiger partial charge in [-0.05, 0) is 38.3 Å². The van der Waals surface area contributed by atoms with E-state index in [1.165, 1.54) is 12.8 Å². The Morgan fingerprint density at radius 2 is 1.93 bits per heavy atom. The average Bonchev–Trinajstić information content (AvgIpc) is 2.19. The second-order valence-corrected chi connectivity index (χ2v) is 3.61. The molecule has 0 aromatic rings. The van der Waals surface area contributed by atoms with Crippen LogP contribution in [0.1, 0.15) is 19.3 Å². The van der Waals surface area contributed by atoms with E-state index in [1.807, 2.05) is 0 Å². The van der Waals surface area contributed by atoms with Gasteiger partial charge < -0.3 is 14.8 Å². The van der Waals surface area contributed by atoms with Crippen molar-refractivity contribution >= 4 is 12.4 Å². The zero-order valence-electron chi connectivity index (χ0n) is 8.96. The van der Waals surface area contributed by atoms with Gasteiger partial charge in [-0.3, -0.25) is 0 Å². The summed E-state index contributed by atoms with van der Waals surface area (Å²) >= 11 is 0. The van der Waals surface area contributed by atoms with Gasteiger partial charge in [-0.1, -0.05) is 0 Å². The molecule has 3 nitrogen and oxygen atoms in total. The van der Waals surface area contributed by atoms with Crippen LogP contribution in [-0.2, 0) is 9.47 Å². The predicted molar refractivity (Wildman–Crippen MR) is 60.2 cm³/mol. The SMILES string of the molecule is COCCCOCC1CCNCC1.Cl. The summed E-state index contributed by atoms with van der Waals surface area (Å²) < 4.78 is 10.5. The molecule has 0 aromatic carbocycles. The fourth-order valence-corrected chi connectivity index (χ4v) is 1.60. The summed E-state index contributed by atoms with van der Waals surface area (Å²) in [6.07, 6.45) is 3.55. The summed E-state index contributed by atoms with van der Waals surface area (Å²) in [7, 11) is 1.73. The van der Waals surface area contributed by atoms with Gasteiger partial charge >= 0.3 is 0 Å². The molecule has 0 amide bonds. The Balaban J connectivity index is 0.00000169. The zero-order chi connectivity index (χ0) is 9.36. The van der Waals surface area contributed by atoms with Gasteiger partial charge in [-0.25, -0.2) is 0 Å². The largest absolute Gasteiger partial charge is 0.385 e. The van der Waals surface area contributed by atoms with Crippen molar-refractivity contribution in [2.24, 2.45) is 5.92 Å². The number of rotatable bonds is 6. The van der Waals surface area contributed by atoms with E-state index >= 15 is 0 Å². The van der Waals surface area contributed by atoms with Crippen LogP contribution in [0.15, 0.2) is 0 Å². The third-order valence-corrected chi connectivity index (χ3v) is 2.45. The van der Waals surface area contributed by atoms with Crippen molar-refractivity contribution in [1.82, 2.24) is 5.32 Å². The lowest BCUT2D eigenvalue weighted by Crippen LogP contribution is -2.30. The quantitative estimate of drug-likeness (QED) is 0.692. The van der Waals surface area contributed by atoms with Gasteiger partial charge in [0.25, 0.3) is 0 Å². The van der Waals surface area contributed by atoms with Crippen molar-refractivity contribution < 1.29 is 9.47 Å². The van der Waals surface area contributed by atoms with E-state index in [2.05, 4.69) is 5.32 Å². The monoisotopic (exact) mass is 223 g/mol. The van der Waals surface area contributed by atoms with Crippen LogP contribution in [0, 0.1) is 5.92 Å². The van der Waals surface area contributed by atoms with Crippen molar-refractivity contribution in [2.75, 3.05) is 40.0 Å².